The minimum absolute atomic E-state index is 0.00990. The van der Waals surface area contributed by atoms with Gasteiger partial charge in [0.2, 0.25) is 0 Å². The van der Waals surface area contributed by atoms with Crippen LogP contribution in [0.25, 0.3) is 0 Å². The third-order valence-electron chi connectivity index (χ3n) is 10.7. The van der Waals surface area contributed by atoms with Crippen LogP contribution in [-0.2, 0) is 32.7 Å². The Hall–Kier alpha value is -1.85. The van der Waals surface area contributed by atoms with E-state index in [0.717, 1.165) is 38.5 Å². The normalized spacial score (nSPS) is 19.7. The number of likely N-dealkylation sites (N-methyl/N-ethyl adjacent to an activating group) is 1. The Kier molecular flexibility index (Phi) is 31.6. The number of rotatable bonds is 38. The number of hydrogen-bond donors (Lipinski definition) is 2. The van der Waals surface area contributed by atoms with Crippen molar-refractivity contribution in [3.05, 3.63) is 36.6 Å². The molecule has 1 aliphatic rings. The molecule has 1 unspecified atom stereocenters. The second kappa shape index (κ2) is 33.8. The zero-order valence-corrected chi connectivity index (χ0v) is 38.1. The first-order valence-electron chi connectivity index (χ1n) is 22.9. The summed E-state index contributed by atoms with van der Waals surface area (Å²) in [6, 6.07) is 0. The summed E-state index contributed by atoms with van der Waals surface area (Å²) in [5, 5.41) is 20.7. The summed E-state index contributed by atoms with van der Waals surface area (Å²) in [5.74, 6) is -1.10. The quantitative estimate of drug-likeness (QED) is 0.0154. The number of unbranched alkanes of at least 4 members (excludes halogenated alkanes) is 17. The number of aliphatic hydroxyl groups is 2. The number of ketones is 1. The third-order valence-corrected chi connectivity index (χ3v) is 11.6. The highest BCUT2D eigenvalue weighted by atomic mass is 31.2. The van der Waals surface area contributed by atoms with Crippen LogP contribution in [0.4, 0.5) is 0 Å². The zero-order valence-electron chi connectivity index (χ0n) is 37.2. The molecule has 0 aromatic carbocycles. The molecule has 0 saturated heterocycles. The topological polar surface area (TPSA) is 152 Å². The lowest BCUT2D eigenvalue weighted by atomic mass is 9.90. The molecule has 0 aromatic heterocycles. The summed E-state index contributed by atoms with van der Waals surface area (Å²) in [5.41, 5.74) is 0. The van der Waals surface area contributed by atoms with Gasteiger partial charge in [0.25, 0.3) is 7.82 Å². The van der Waals surface area contributed by atoms with E-state index in [2.05, 4.69) is 13.8 Å². The van der Waals surface area contributed by atoms with Crippen molar-refractivity contribution in [3.63, 3.8) is 0 Å². The average molecular weight is 842 g/mol. The van der Waals surface area contributed by atoms with Crippen LogP contribution in [-0.4, -0.2) is 92.3 Å². The molecule has 0 spiro atoms. The smallest absolute Gasteiger partial charge is 0.305 e. The minimum Gasteiger partial charge on any atom is -0.756 e. The molecule has 58 heavy (non-hydrogen) atoms. The van der Waals surface area contributed by atoms with Gasteiger partial charge in [-0.2, -0.15) is 0 Å². The molecule has 0 radical (unpaired) electrons. The van der Waals surface area contributed by atoms with Gasteiger partial charge in [0.05, 0.1) is 46.2 Å². The fraction of sp³-hybridized carbons (Fsp3) is 0.826. The van der Waals surface area contributed by atoms with E-state index < -0.39 is 38.0 Å². The maximum absolute atomic E-state index is 12.6. The molecule has 0 bridgehead atoms. The lowest BCUT2D eigenvalue weighted by Gasteiger charge is -2.28. The van der Waals surface area contributed by atoms with Crippen molar-refractivity contribution in [1.82, 2.24) is 0 Å². The van der Waals surface area contributed by atoms with Crippen molar-refractivity contribution in [2.24, 2.45) is 11.8 Å². The van der Waals surface area contributed by atoms with Gasteiger partial charge in [-0.1, -0.05) is 141 Å². The summed E-state index contributed by atoms with van der Waals surface area (Å²) in [6.45, 7) is 4.31. The molecule has 0 aromatic rings. The molecule has 0 aliphatic heterocycles. The van der Waals surface area contributed by atoms with Crippen molar-refractivity contribution in [2.75, 3.05) is 47.5 Å². The van der Waals surface area contributed by atoms with Gasteiger partial charge in [-0.25, -0.2) is 0 Å². The van der Waals surface area contributed by atoms with Crippen LogP contribution in [0.15, 0.2) is 36.6 Å². The molecular formula is C46H84NO10P. The van der Waals surface area contributed by atoms with Crippen LogP contribution in [0.1, 0.15) is 168 Å². The number of quaternary nitrogens is 1. The molecule has 338 valence electrons. The molecule has 2 N–H and O–H groups in total. The number of ether oxygens (including phenoxy) is 2. The number of carbonyl (C=O) groups is 2. The number of esters is 1. The molecule has 0 amide bonds. The molecule has 1 fully saturated rings. The molecule has 0 heterocycles. The second-order valence-electron chi connectivity index (χ2n) is 17.3. The largest absolute Gasteiger partial charge is 0.756 e. The number of carbonyl (C=O) groups excluding carboxylic acids is 2. The molecule has 11 nitrogen and oxygen atoms in total. The molecule has 12 heteroatoms. The highest BCUT2D eigenvalue weighted by Crippen LogP contribution is 2.38. The lowest BCUT2D eigenvalue weighted by molar-refractivity contribution is -0.870. The lowest BCUT2D eigenvalue weighted by Crippen LogP contribution is -2.37. The highest BCUT2D eigenvalue weighted by molar-refractivity contribution is 7.45. The van der Waals surface area contributed by atoms with E-state index in [0.29, 0.717) is 36.7 Å². The average Bonchev–Trinajstić information content (AvgIpc) is 3.44. The van der Waals surface area contributed by atoms with Crippen molar-refractivity contribution in [3.8, 4) is 0 Å². The van der Waals surface area contributed by atoms with Gasteiger partial charge >= 0.3 is 5.97 Å². The summed E-state index contributed by atoms with van der Waals surface area (Å²) in [4.78, 5) is 37.5. The zero-order chi connectivity index (χ0) is 42.9. The SMILES string of the molecule is CCCCCCCCCCCCCCCC/C=C\O[C@H](COC(=O)CCC/C=C\C[C@H]1[C@@H](O)CC(=O)[C@@H]1/C=C/[C@@H](O)CCCCC)COP(=O)([O-])OCC[N+](C)(C)C. The first-order chi connectivity index (χ1) is 27.8. The fourth-order valence-electron chi connectivity index (χ4n) is 6.92. The van der Waals surface area contributed by atoms with Crippen LogP contribution in [0, 0.1) is 11.8 Å². The summed E-state index contributed by atoms with van der Waals surface area (Å²) in [7, 11) is 1.22. The van der Waals surface area contributed by atoms with E-state index in [-0.39, 0.29) is 44.4 Å². The van der Waals surface area contributed by atoms with Gasteiger partial charge in [-0.05, 0) is 44.6 Å². The van der Waals surface area contributed by atoms with Crippen LogP contribution in [0.2, 0.25) is 0 Å². The predicted octanol–water partition coefficient (Wildman–Crippen LogP) is 9.69. The predicted molar refractivity (Wildman–Crippen MR) is 232 cm³/mol. The number of aliphatic hydroxyl groups excluding tert-OH is 2. The molecule has 1 aliphatic carbocycles. The summed E-state index contributed by atoms with van der Waals surface area (Å²) in [6.07, 6.45) is 33.3. The Morgan fingerprint density at radius 1 is 0.828 bits per heavy atom. The monoisotopic (exact) mass is 842 g/mol. The van der Waals surface area contributed by atoms with Gasteiger partial charge in [0.1, 0.15) is 25.5 Å². The van der Waals surface area contributed by atoms with E-state index in [9.17, 15) is 29.3 Å². The molecular weight excluding hydrogens is 757 g/mol. The Labute approximate surface area is 353 Å². The first-order valence-corrected chi connectivity index (χ1v) is 24.3. The van der Waals surface area contributed by atoms with E-state index in [1.165, 1.54) is 83.3 Å². The number of hydrogen-bond acceptors (Lipinski definition) is 10. The van der Waals surface area contributed by atoms with Crippen molar-refractivity contribution in [2.45, 2.75) is 186 Å². The number of Topliss-reactive ketones (excluding diaryl/α,β-unsaturated/α-hetero) is 1. The Morgan fingerprint density at radius 2 is 1.41 bits per heavy atom. The minimum atomic E-state index is -4.58. The number of phosphoric ester groups is 1. The van der Waals surface area contributed by atoms with Crippen molar-refractivity contribution in [1.29, 1.82) is 0 Å². The Morgan fingerprint density at radius 3 is 2.03 bits per heavy atom. The number of nitrogens with zero attached hydrogens (tertiary/aromatic N) is 1. The van der Waals surface area contributed by atoms with Gasteiger partial charge < -0.3 is 38.1 Å². The Balaban J connectivity index is 2.46. The van der Waals surface area contributed by atoms with Crippen LogP contribution >= 0.6 is 7.82 Å². The highest BCUT2D eigenvalue weighted by Gasteiger charge is 2.39. The van der Waals surface area contributed by atoms with E-state index in [1.807, 2.05) is 39.4 Å². The van der Waals surface area contributed by atoms with Gasteiger partial charge in [-0.3, -0.25) is 14.2 Å². The van der Waals surface area contributed by atoms with Crippen LogP contribution in [0.5, 0.6) is 0 Å². The molecule has 6 atom stereocenters. The Bertz CT molecular complexity index is 1190. The van der Waals surface area contributed by atoms with E-state index in [1.54, 1.807) is 12.2 Å². The maximum Gasteiger partial charge on any atom is 0.305 e. The van der Waals surface area contributed by atoms with Crippen LogP contribution in [0.3, 0.4) is 0 Å². The standard InChI is InChI=1S/C46H84NO10P/c1-6-8-10-11-12-13-14-15-16-17-18-19-20-21-24-28-35-54-41(39-57-58(52,53)56-36-34-47(3,4)5)38-55-46(51)31-27-23-22-26-30-42-43(45(50)37-44(42)49)33-32-40(48)29-25-9-7-2/h22,26,28,32-33,35,40-44,48-49H,6-21,23-25,27,29-31,34,36-39H2,1-5H3/b26-22-,33-32+,35-28-/t40-,41+,42+,43+,44-/m0/s1. The summed E-state index contributed by atoms with van der Waals surface area (Å²) < 4.78 is 34.3. The second-order valence-corrected chi connectivity index (χ2v) is 18.7. The summed E-state index contributed by atoms with van der Waals surface area (Å²) >= 11 is 0. The third kappa shape index (κ3) is 30.2. The van der Waals surface area contributed by atoms with Crippen molar-refractivity contribution < 1.29 is 52.3 Å². The van der Waals surface area contributed by atoms with Gasteiger partial charge in [0, 0.05) is 24.7 Å². The van der Waals surface area contributed by atoms with Gasteiger partial charge in [-0.15, -0.1) is 0 Å². The number of phosphoric acid groups is 1. The number of allylic oxidation sites excluding steroid dienone is 4. The van der Waals surface area contributed by atoms with Gasteiger partial charge in [0.15, 0.2) is 6.10 Å². The fourth-order valence-corrected chi connectivity index (χ4v) is 7.65. The molecule has 1 saturated carbocycles. The molecule has 1 rings (SSSR count). The first kappa shape index (κ1) is 54.2. The van der Waals surface area contributed by atoms with Crippen molar-refractivity contribution >= 4 is 19.6 Å². The van der Waals surface area contributed by atoms with Crippen LogP contribution < -0.4 is 4.89 Å². The van der Waals surface area contributed by atoms with E-state index in [4.69, 9.17) is 18.5 Å². The van der Waals surface area contributed by atoms with E-state index >= 15 is 0 Å². The maximum atomic E-state index is 12.6.